The number of anilines is 2. The minimum atomic E-state index is -3.92. The van der Waals surface area contributed by atoms with Crippen LogP contribution in [0.3, 0.4) is 0 Å². The molecule has 1 saturated heterocycles. The van der Waals surface area contributed by atoms with Gasteiger partial charge in [0.25, 0.3) is 5.91 Å². The molecule has 0 aliphatic carbocycles. The van der Waals surface area contributed by atoms with Gasteiger partial charge in [0.05, 0.1) is 23.7 Å². The van der Waals surface area contributed by atoms with Crippen molar-refractivity contribution >= 4 is 27.3 Å². The Hall–Kier alpha value is -2.42. The highest BCUT2D eigenvalue weighted by Crippen LogP contribution is 2.26. The zero-order valence-electron chi connectivity index (χ0n) is 17.3. The van der Waals surface area contributed by atoms with Gasteiger partial charge < -0.3 is 15.0 Å². The lowest BCUT2D eigenvalue weighted by Crippen LogP contribution is -2.37. The van der Waals surface area contributed by atoms with Gasteiger partial charge in [-0.05, 0) is 48.7 Å². The number of amides is 1. The van der Waals surface area contributed by atoms with Gasteiger partial charge in [-0.25, -0.2) is 13.6 Å². The molecule has 0 atom stereocenters. The Labute approximate surface area is 178 Å². The zero-order chi connectivity index (χ0) is 21.6. The molecule has 3 N–H and O–H groups in total. The molecule has 0 aromatic heterocycles. The smallest absolute Gasteiger partial charge is 0.257 e. The second-order valence-corrected chi connectivity index (χ2v) is 8.99. The number of benzene rings is 2. The monoisotopic (exact) mass is 431 g/mol. The van der Waals surface area contributed by atoms with Gasteiger partial charge in [-0.1, -0.05) is 31.9 Å². The topological polar surface area (TPSA) is 102 Å². The summed E-state index contributed by atoms with van der Waals surface area (Å²) in [6, 6.07) is 12.2. The maximum atomic E-state index is 13.0. The van der Waals surface area contributed by atoms with Crippen molar-refractivity contribution in [1.82, 2.24) is 0 Å². The van der Waals surface area contributed by atoms with Crippen molar-refractivity contribution in [3.8, 4) is 0 Å². The molecule has 2 aromatic carbocycles. The summed E-state index contributed by atoms with van der Waals surface area (Å²) < 4.78 is 29.0. The number of aryl methyl sites for hydroxylation is 1. The highest BCUT2D eigenvalue weighted by atomic mass is 32.2. The summed E-state index contributed by atoms with van der Waals surface area (Å²) in [4.78, 5) is 15.0. The molecule has 7 nitrogen and oxygen atoms in total. The van der Waals surface area contributed by atoms with E-state index in [9.17, 15) is 13.2 Å². The maximum absolute atomic E-state index is 13.0. The van der Waals surface area contributed by atoms with Crippen molar-refractivity contribution in [2.45, 2.75) is 37.5 Å². The van der Waals surface area contributed by atoms with Gasteiger partial charge in [-0.3, -0.25) is 4.79 Å². The van der Waals surface area contributed by atoms with Crippen molar-refractivity contribution < 1.29 is 17.9 Å². The Morgan fingerprint density at radius 2 is 1.80 bits per heavy atom. The summed E-state index contributed by atoms with van der Waals surface area (Å²) >= 11 is 0. The maximum Gasteiger partial charge on any atom is 0.257 e. The van der Waals surface area contributed by atoms with E-state index in [4.69, 9.17) is 9.88 Å². The fourth-order valence-corrected chi connectivity index (χ4v) is 4.03. The lowest BCUT2D eigenvalue weighted by Gasteiger charge is -2.30. The number of nitrogens with one attached hydrogen (secondary N) is 1. The van der Waals surface area contributed by atoms with Crippen LogP contribution < -0.4 is 15.4 Å². The molecule has 1 aliphatic rings. The standard InChI is InChI=1S/C22H29N3O4S/c1-2-3-4-5-17-6-8-18(9-7-17)24-22(26)20-16-19(30(23,27)28)10-11-21(20)25-12-14-29-15-13-25/h6-11,16H,2-5,12-15H2,1H3,(H,24,26)(H2,23,27,28). The average Bonchev–Trinajstić information content (AvgIpc) is 2.74. The SMILES string of the molecule is CCCCCc1ccc(NC(=O)c2cc(S(N)(=O)=O)ccc2N2CCOCC2)cc1. The number of nitrogens with two attached hydrogens (primary N) is 1. The van der Waals surface area contributed by atoms with E-state index in [2.05, 4.69) is 12.2 Å². The predicted molar refractivity (Wildman–Crippen MR) is 118 cm³/mol. The van der Waals surface area contributed by atoms with Crippen LogP contribution in [0.25, 0.3) is 0 Å². The van der Waals surface area contributed by atoms with Gasteiger partial charge in [-0.2, -0.15) is 0 Å². The number of sulfonamides is 1. The highest BCUT2D eigenvalue weighted by molar-refractivity contribution is 7.89. The van der Waals surface area contributed by atoms with Crippen molar-refractivity contribution in [3.05, 3.63) is 53.6 Å². The van der Waals surface area contributed by atoms with Crippen molar-refractivity contribution in [2.75, 3.05) is 36.5 Å². The number of unbranched alkanes of at least 4 members (excludes halogenated alkanes) is 2. The van der Waals surface area contributed by atoms with Crippen LogP contribution in [0.15, 0.2) is 47.4 Å². The van der Waals surface area contributed by atoms with Crippen LogP contribution in [-0.2, 0) is 21.2 Å². The molecule has 30 heavy (non-hydrogen) atoms. The van der Waals surface area contributed by atoms with Gasteiger partial charge in [0, 0.05) is 24.5 Å². The van der Waals surface area contributed by atoms with Crippen molar-refractivity contribution in [3.63, 3.8) is 0 Å². The molecule has 1 fully saturated rings. The summed E-state index contributed by atoms with van der Waals surface area (Å²) in [5.74, 6) is -0.374. The number of nitrogens with zero attached hydrogens (tertiary/aromatic N) is 1. The summed E-state index contributed by atoms with van der Waals surface area (Å²) in [7, 11) is -3.92. The summed E-state index contributed by atoms with van der Waals surface area (Å²) in [5, 5.41) is 8.16. The number of hydrogen-bond donors (Lipinski definition) is 2. The summed E-state index contributed by atoms with van der Waals surface area (Å²) in [6.07, 6.45) is 4.53. The van der Waals surface area contributed by atoms with Gasteiger partial charge in [0.15, 0.2) is 0 Å². The van der Waals surface area contributed by atoms with Crippen molar-refractivity contribution in [1.29, 1.82) is 0 Å². The molecule has 0 bridgehead atoms. The Balaban J connectivity index is 1.82. The van der Waals surface area contributed by atoms with E-state index in [1.165, 1.54) is 30.5 Å². The normalized spacial score (nSPS) is 14.5. The lowest BCUT2D eigenvalue weighted by atomic mass is 10.1. The van der Waals surface area contributed by atoms with E-state index in [1.807, 2.05) is 29.2 Å². The Morgan fingerprint density at radius 1 is 1.10 bits per heavy atom. The number of rotatable bonds is 8. The molecule has 162 valence electrons. The summed E-state index contributed by atoms with van der Waals surface area (Å²) in [6.45, 7) is 4.53. The first-order valence-corrected chi connectivity index (χ1v) is 11.8. The second kappa shape index (κ2) is 10.1. The van der Waals surface area contributed by atoms with E-state index >= 15 is 0 Å². The molecular formula is C22H29N3O4S. The Kier molecular flexibility index (Phi) is 7.47. The molecule has 0 spiro atoms. The lowest BCUT2D eigenvalue weighted by molar-refractivity contribution is 0.102. The molecule has 1 amide bonds. The Bertz CT molecular complexity index is 968. The fraction of sp³-hybridized carbons (Fsp3) is 0.409. The van der Waals surface area contributed by atoms with Gasteiger partial charge >= 0.3 is 0 Å². The first kappa shape index (κ1) is 22.3. The first-order valence-electron chi connectivity index (χ1n) is 10.3. The number of hydrogen-bond acceptors (Lipinski definition) is 5. The van der Waals surface area contributed by atoms with E-state index in [0.29, 0.717) is 37.7 Å². The minimum Gasteiger partial charge on any atom is -0.378 e. The zero-order valence-corrected chi connectivity index (χ0v) is 18.1. The van der Waals surface area contributed by atoms with E-state index in [1.54, 1.807) is 6.07 Å². The number of primary sulfonamides is 1. The molecule has 0 unspecified atom stereocenters. The third-order valence-electron chi connectivity index (χ3n) is 5.17. The van der Waals surface area contributed by atoms with Gasteiger partial charge in [0.1, 0.15) is 0 Å². The number of carbonyl (C=O) groups is 1. The average molecular weight is 432 g/mol. The van der Waals surface area contributed by atoms with Crippen LogP contribution in [0.5, 0.6) is 0 Å². The molecule has 0 saturated carbocycles. The third-order valence-corrected chi connectivity index (χ3v) is 6.08. The largest absolute Gasteiger partial charge is 0.378 e. The molecule has 8 heteroatoms. The van der Waals surface area contributed by atoms with E-state index in [0.717, 1.165) is 12.8 Å². The van der Waals surface area contributed by atoms with E-state index < -0.39 is 10.0 Å². The van der Waals surface area contributed by atoms with Crippen LogP contribution >= 0.6 is 0 Å². The number of morpholine rings is 1. The van der Waals surface area contributed by atoms with Crippen LogP contribution in [0, 0.1) is 0 Å². The molecule has 2 aromatic rings. The van der Waals surface area contributed by atoms with Crippen LogP contribution in [-0.4, -0.2) is 40.6 Å². The van der Waals surface area contributed by atoms with E-state index in [-0.39, 0.29) is 16.4 Å². The van der Waals surface area contributed by atoms with Gasteiger partial charge in [0.2, 0.25) is 10.0 Å². The molecular weight excluding hydrogens is 402 g/mol. The third kappa shape index (κ3) is 5.81. The van der Waals surface area contributed by atoms with Crippen LogP contribution in [0.1, 0.15) is 42.1 Å². The Morgan fingerprint density at radius 3 is 2.43 bits per heavy atom. The molecule has 1 heterocycles. The van der Waals surface area contributed by atoms with Crippen LogP contribution in [0.2, 0.25) is 0 Å². The van der Waals surface area contributed by atoms with Gasteiger partial charge in [-0.15, -0.1) is 0 Å². The molecule has 3 rings (SSSR count). The number of carbonyl (C=O) groups excluding carboxylic acids is 1. The predicted octanol–water partition coefficient (Wildman–Crippen LogP) is 3.16. The quantitative estimate of drug-likeness (QED) is 0.625. The molecule has 0 radical (unpaired) electrons. The first-order chi connectivity index (χ1) is 14.4. The highest BCUT2D eigenvalue weighted by Gasteiger charge is 2.22. The molecule has 1 aliphatic heterocycles. The second-order valence-electron chi connectivity index (χ2n) is 7.43. The number of ether oxygens (including phenoxy) is 1. The van der Waals surface area contributed by atoms with Crippen LogP contribution in [0.4, 0.5) is 11.4 Å². The minimum absolute atomic E-state index is 0.0871. The fourth-order valence-electron chi connectivity index (χ4n) is 3.49. The summed E-state index contributed by atoms with van der Waals surface area (Å²) in [5.41, 5.74) is 2.83. The van der Waals surface area contributed by atoms with Crippen molar-refractivity contribution in [2.24, 2.45) is 5.14 Å².